The zero-order valence-corrected chi connectivity index (χ0v) is 19.5. The number of rotatable bonds is 9. The lowest BCUT2D eigenvalue weighted by Crippen LogP contribution is -2.19. The number of nitrogens with zero attached hydrogens (tertiary/aromatic N) is 1. The molecule has 0 aliphatic carbocycles. The number of nitrogens with one attached hydrogen (secondary N) is 1. The smallest absolute Gasteiger partial charge is 0.250 e. The molecule has 0 heterocycles. The van der Waals surface area contributed by atoms with Gasteiger partial charge in [0.25, 0.3) is 0 Å². The largest absolute Gasteiger partial charge is 0.489 e. The Bertz CT molecular complexity index is 1260. The molecule has 0 aromatic heterocycles. The molecule has 1 N–H and O–H groups in total. The number of thioether (sulfide) groups is 1. The van der Waals surface area contributed by atoms with Gasteiger partial charge in [0.1, 0.15) is 12.4 Å². The quantitative estimate of drug-likeness (QED) is 0.224. The molecule has 4 aromatic carbocycles. The topological polar surface area (TPSA) is 50.7 Å². The molecule has 166 valence electrons. The van der Waals surface area contributed by atoms with Crippen molar-refractivity contribution >= 4 is 46.3 Å². The summed E-state index contributed by atoms with van der Waals surface area (Å²) in [6.45, 7) is 0.500. The third-order valence-corrected chi connectivity index (χ3v) is 6.30. The van der Waals surface area contributed by atoms with E-state index < -0.39 is 0 Å². The number of fused-ring (bicyclic) bond motifs is 1. The Kier molecular flexibility index (Phi) is 8.01. The lowest BCUT2D eigenvalue weighted by Gasteiger charge is -2.07. The van der Waals surface area contributed by atoms with Crippen LogP contribution in [0.25, 0.3) is 10.8 Å². The van der Waals surface area contributed by atoms with Crippen molar-refractivity contribution in [2.45, 2.75) is 12.4 Å². The van der Waals surface area contributed by atoms with Gasteiger partial charge in [0, 0.05) is 10.8 Å². The Hall–Kier alpha value is -3.28. The lowest BCUT2D eigenvalue weighted by molar-refractivity contribution is -0.118. The standard InChI is InChI=1S/C27H23ClN2O2S/c28-26-8-4-3-7-24(26)18-33-19-27(31)30-29-16-20-10-13-25(14-11-20)32-17-21-9-12-22-5-1-2-6-23(22)15-21/h1-16H,17-19H2,(H,30,31)/b29-16-. The first kappa shape index (κ1) is 22.9. The number of carbonyl (C=O) groups is 1. The third kappa shape index (κ3) is 6.85. The van der Waals surface area contributed by atoms with Crippen molar-refractivity contribution in [1.29, 1.82) is 0 Å². The van der Waals surface area contributed by atoms with Crippen LogP contribution in [0.5, 0.6) is 5.75 Å². The molecule has 0 radical (unpaired) electrons. The maximum absolute atomic E-state index is 12.0. The highest BCUT2D eigenvalue weighted by atomic mass is 35.5. The fourth-order valence-electron chi connectivity index (χ4n) is 3.23. The summed E-state index contributed by atoms with van der Waals surface area (Å²) in [4.78, 5) is 12.0. The van der Waals surface area contributed by atoms with E-state index in [0.29, 0.717) is 23.1 Å². The van der Waals surface area contributed by atoms with Gasteiger partial charge in [-0.05, 0) is 63.9 Å². The van der Waals surface area contributed by atoms with Gasteiger partial charge >= 0.3 is 0 Å². The highest BCUT2D eigenvalue weighted by molar-refractivity contribution is 7.99. The van der Waals surface area contributed by atoms with Crippen LogP contribution in [0, 0.1) is 0 Å². The number of amides is 1. The van der Waals surface area contributed by atoms with Crippen LogP contribution in [0.3, 0.4) is 0 Å². The first-order valence-electron chi connectivity index (χ1n) is 10.5. The minimum atomic E-state index is -0.154. The Labute approximate surface area is 202 Å². The number of halogens is 1. The zero-order chi connectivity index (χ0) is 22.9. The van der Waals surface area contributed by atoms with Crippen LogP contribution in [-0.4, -0.2) is 17.9 Å². The van der Waals surface area contributed by atoms with Gasteiger partial charge in [0.15, 0.2) is 0 Å². The van der Waals surface area contributed by atoms with E-state index in [1.807, 2.05) is 60.7 Å². The number of benzene rings is 4. The molecule has 0 aliphatic heterocycles. The van der Waals surface area contributed by atoms with Gasteiger partial charge in [-0.1, -0.05) is 66.2 Å². The van der Waals surface area contributed by atoms with E-state index in [2.05, 4.69) is 40.9 Å². The SMILES string of the molecule is O=C(CSCc1ccccc1Cl)N/N=C\c1ccc(OCc2ccc3ccccc3c2)cc1. The maximum atomic E-state index is 12.0. The summed E-state index contributed by atoms with van der Waals surface area (Å²) < 4.78 is 5.90. The first-order chi connectivity index (χ1) is 16.2. The molecule has 0 saturated heterocycles. The maximum Gasteiger partial charge on any atom is 0.250 e. The number of carbonyl (C=O) groups excluding carboxylic acids is 1. The van der Waals surface area contributed by atoms with Crippen molar-refractivity contribution in [3.63, 3.8) is 0 Å². The van der Waals surface area contributed by atoms with Crippen molar-refractivity contribution < 1.29 is 9.53 Å². The second-order valence-electron chi connectivity index (χ2n) is 7.42. The molecule has 0 fully saturated rings. The second kappa shape index (κ2) is 11.5. The van der Waals surface area contributed by atoms with E-state index in [9.17, 15) is 4.79 Å². The van der Waals surface area contributed by atoms with Crippen LogP contribution in [0.4, 0.5) is 0 Å². The molecule has 4 aromatic rings. The Morgan fingerprint density at radius 2 is 1.70 bits per heavy atom. The van der Waals surface area contributed by atoms with Crippen LogP contribution >= 0.6 is 23.4 Å². The van der Waals surface area contributed by atoms with Gasteiger partial charge in [0.2, 0.25) is 5.91 Å². The molecule has 4 rings (SSSR count). The minimum Gasteiger partial charge on any atom is -0.489 e. The Morgan fingerprint density at radius 1 is 0.939 bits per heavy atom. The van der Waals surface area contributed by atoms with Crippen LogP contribution < -0.4 is 10.2 Å². The van der Waals surface area contributed by atoms with Gasteiger partial charge in [-0.2, -0.15) is 5.10 Å². The van der Waals surface area contributed by atoms with Gasteiger partial charge in [-0.3, -0.25) is 4.79 Å². The summed E-state index contributed by atoms with van der Waals surface area (Å²) in [5.74, 6) is 1.61. The van der Waals surface area contributed by atoms with Gasteiger partial charge in [0.05, 0.1) is 12.0 Å². The van der Waals surface area contributed by atoms with E-state index in [4.69, 9.17) is 16.3 Å². The molecule has 0 bridgehead atoms. The average molecular weight is 475 g/mol. The molecule has 4 nitrogen and oxygen atoms in total. The predicted molar refractivity (Wildman–Crippen MR) is 138 cm³/mol. The third-order valence-electron chi connectivity index (χ3n) is 4.95. The molecule has 33 heavy (non-hydrogen) atoms. The molecular weight excluding hydrogens is 452 g/mol. The molecule has 0 saturated carbocycles. The van der Waals surface area contributed by atoms with E-state index >= 15 is 0 Å². The van der Waals surface area contributed by atoms with Crippen LogP contribution in [-0.2, 0) is 17.2 Å². The number of hydrazone groups is 1. The van der Waals surface area contributed by atoms with Gasteiger partial charge in [-0.15, -0.1) is 11.8 Å². The van der Waals surface area contributed by atoms with Crippen LogP contribution in [0.1, 0.15) is 16.7 Å². The fraction of sp³-hybridized carbons (Fsp3) is 0.111. The zero-order valence-electron chi connectivity index (χ0n) is 17.9. The number of hydrogen-bond acceptors (Lipinski definition) is 4. The van der Waals surface area contributed by atoms with E-state index in [-0.39, 0.29) is 5.91 Å². The van der Waals surface area contributed by atoms with Crippen molar-refractivity contribution in [3.05, 3.63) is 113 Å². The molecule has 0 atom stereocenters. The highest BCUT2D eigenvalue weighted by Crippen LogP contribution is 2.21. The number of ether oxygens (including phenoxy) is 1. The van der Waals surface area contributed by atoms with Crippen molar-refractivity contribution in [2.24, 2.45) is 5.10 Å². The highest BCUT2D eigenvalue weighted by Gasteiger charge is 2.03. The summed E-state index contributed by atoms with van der Waals surface area (Å²) in [6.07, 6.45) is 1.61. The van der Waals surface area contributed by atoms with Crippen molar-refractivity contribution in [2.75, 3.05) is 5.75 Å². The molecular formula is C27H23ClN2O2S. The summed E-state index contributed by atoms with van der Waals surface area (Å²) in [5, 5.41) is 7.17. The Morgan fingerprint density at radius 3 is 2.52 bits per heavy atom. The van der Waals surface area contributed by atoms with E-state index in [1.54, 1.807) is 6.21 Å². The van der Waals surface area contributed by atoms with Gasteiger partial charge < -0.3 is 4.74 Å². The Balaban J connectivity index is 1.20. The summed E-state index contributed by atoms with van der Waals surface area (Å²) in [6, 6.07) is 29.8. The molecule has 0 spiro atoms. The first-order valence-corrected chi connectivity index (χ1v) is 12.0. The van der Waals surface area contributed by atoms with Crippen molar-refractivity contribution in [3.8, 4) is 5.75 Å². The molecule has 0 unspecified atom stereocenters. The number of hydrogen-bond donors (Lipinski definition) is 1. The summed E-state index contributed by atoms with van der Waals surface area (Å²) in [7, 11) is 0. The lowest BCUT2D eigenvalue weighted by atomic mass is 10.1. The van der Waals surface area contributed by atoms with E-state index in [1.165, 1.54) is 22.5 Å². The normalized spacial score (nSPS) is 11.1. The predicted octanol–water partition coefficient (Wildman–Crippen LogP) is 6.46. The fourth-order valence-corrected chi connectivity index (χ4v) is 4.33. The molecule has 0 aliphatic rings. The molecule has 1 amide bonds. The minimum absolute atomic E-state index is 0.154. The van der Waals surface area contributed by atoms with Crippen molar-refractivity contribution in [1.82, 2.24) is 5.43 Å². The van der Waals surface area contributed by atoms with Crippen LogP contribution in [0.2, 0.25) is 5.02 Å². The monoisotopic (exact) mass is 474 g/mol. The van der Waals surface area contributed by atoms with E-state index in [0.717, 1.165) is 22.4 Å². The average Bonchev–Trinajstić information content (AvgIpc) is 2.84. The molecule has 6 heteroatoms. The van der Waals surface area contributed by atoms with Gasteiger partial charge in [-0.25, -0.2) is 5.43 Å². The second-order valence-corrected chi connectivity index (χ2v) is 8.81. The summed E-state index contributed by atoms with van der Waals surface area (Å²) in [5.41, 5.74) is 5.56. The summed E-state index contributed by atoms with van der Waals surface area (Å²) >= 11 is 7.62. The van der Waals surface area contributed by atoms with Crippen LogP contribution in [0.15, 0.2) is 96.1 Å².